The van der Waals surface area contributed by atoms with Crippen LogP contribution in [0.15, 0.2) is 41.5 Å². The van der Waals surface area contributed by atoms with Gasteiger partial charge in [-0.3, -0.25) is 4.79 Å². The maximum Gasteiger partial charge on any atom is 0.276 e. The van der Waals surface area contributed by atoms with E-state index in [1.165, 1.54) is 11.9 Å². The van der Waals surface area contributed by atoms with Gasteiger partial charge in [0.15, 0.2) is 5.82 Å². The van der Waals surface area contributed by atoms with Gasteiger partial charge in [0.25, 0.3) is 5.56 Å². The van der Waals surface area contributed by atoms with E-state index in [9.17, 15) is 4.79 Å². The Kier molecular flexibility index (Phi) is 3.62. The molecule has 1 heterocycles. The van der Waals surface area contributed by atoms with E-state index in [0.717, 1.165) is 6.42 Å². The van der Waals surface area contributed by atoms with E-state index < -0.39 is 0 Å². The first kappa shape index (κ1) is 12.2. The number of H-pyrrole nitrogens is 1. The van der Waals surface area contributed by atoms with Crippen molar-refractivity contribution in [2.45, 2.75) is 19.4 Å². The van der Waals surface area contributed by atoms with E-state index in [0.29, 0.717) is 5.82 Å². The summed E-state index contributed by atoms with van der Waals surface area (Å²) in [5, 5.41) is 3.14. The standard InChI is InChI=1S/C13H16N4O/c1-9(7-10-5-3-2-4-6-10)17-12-11(14)13(18)16-8-15-12/h2-6,8-9H,7,14H2,1H3,(H2,15,16,17,18). The van der Waals surface area contributed by atoms with Crippen molar-refractivity contribution in [2.75, 3.05) is 11.1 Å². The molecule has 0 saturated carbocycles. The second-order valence-corrected chi connectivity index (χ2v) is 4.23. The summed E-state index contributed by atoms with van der Waals surface area (Å²) in [4.78, 5) is 17.8. The number of aromatic nitrogens is 2. The van der Waals surface area contributed by atoms with Gasteiger partial charge in [0, 0.05) is 6.04 Å². The predicted octanol–water partition coefficient (Wildman–Crippen LogP) is 1.40. The third kappa shape index (κ3) is 2.88. The molecular formula is C13H16N4O. The Balaban J connectivity index is 2.06. The van der Waals surface area contributed by atoms with Crippen molar-refractivity contribution in [3.8, 4) is 0 Å². The molecule has 1 unspecified atom stereocenters. The number of nitrogens with two attached hydrogens (primary N) is 1. The van der Waals surface area contributed by atoms with Crippen LogP contribution in [0.4, 0.5) is 11.5 Å². The second kappa shape index (κ2) is 5.35. The van der Waals surface area contributed by atoms with Crippen molar-refractivity contribution >= 4 is 11.5 Å². The van der Waals surface area contributed by atoms with Gasteiger partial charge in [0.2, 0.25) is 0 Å². The van der Waals surface area contributed by atoms with Gasteiger partial charge in [0.05, 0.1) is 6.33 Å². The molecule has 0 fully saturated rings. The summed E-state index contributed by atoms with van der Waals surface area (Å²) >= 11 is 0. The molecule has 1 aromatic carbocycles. The molecule has 1 aromatic heterocycles. The Labute approximate surface area is 105 Å². The molecule has 5 heteroatoms. The molecule has 2 rings (SSSR count). The molecule has 0 saturated heterocycles. The van der Waals surface area contributed by atoms with E-state index in [2.05, 4.69) is 27.4 Å². The van der Waals surface area contributed by atoms with Crippen LogP contribution >= 0.6 is 0 Å². The van der Waals surface area contributed by atoms with Gasteiger partial charge < -0.3 is 16.0 Å². The van der Waals surface area contributed by atoms with Crippen LogP contribution in [-0.4, -0.2) is 16.0 Å². The van der Waals surface area contributed by atoms with E-state index in [1.807, 2.05) is 25.1 Å². The number of hydrogen-bond acceptors (Lipinski definition) is 4. The summed E-state index contributed by atoms with van der Waals surface area (Å²) in [5.74, 6) is 0.433. The molecule has 18 heavy (non-hydrogen) atoms. The first-order valence-corrected chi connectivity index (χ1v) is 5.80. The largest absolute Gasteiger partial charge is 0.391 e. The Morgan fingerprint density at radius 2 is 2.11 bits per heavy atom. The van der Waals surface area contributed by atoms with Crippen molar-refractivity contribution < 1.29 is 0 Å². The van der Waals surface area contributed by atoms with Gasteiger partial charge in [-0.05, 0) is 18.9 Å². The predicted molar refractivity (Wildman–Crippen MR) is 72.5 cm³/mol. The molecule has 4 N–H and O–H groups in total. The normalized spacial score (nSPS) is 12.1. The van der Waals surface area contributed by atoms with E-state index in [1.54, 1.807) is 0 Å². The van der Waals surface area contributed by atoms with Gasteiger partial charge >= 0.3 is 0 Å². The first-order valence-electron chi connectivity index (χ1n) is 5.80. The Morgan fingerprint density at radius 1 is 1.39 bits per heavy atom. The number of aromatic amines is 1. The molecule has 0 bridgehead atoms. The molecule has 94 valence electrons. The fourth-order valence-corrected chi connectivity index (χ4v) is 1.78. The fraction of sp³-hybridized carbons (Fsp3) is 0.231. The maximum absolute atomic E-state index is 11.3. The number of benzene rings is 1. The number of anilines is 2. The Bertz CT molecular complexity index is 565. The van der Waals surface area contributed by atoms with E-state index in [4.69, 9.17) is 5.73 Å². The lowest BCUT2D eigenvalue weighted by Crippen LogP contribution is -2.23. The van der Waals surface area contributed by atoms with Crippen molar-refractivity contribution in [1.29, 1.82) is 0 Å². The second-order valence-electron chi connectivity index (χ2n) is 4.23. The highest BCUT2D eigenvalue weighted by molar-refractivity contribution is 5.59. The highest BCUT2D eigenvalue weighted by Crippen LogP contribution is 2.11. The third-order valence-corrected chi connectivity index (χ3v) is 2.66. The molecule has 0 radical (unpaired) electrons. The SMILES string of the molecule is CC(Cc1ccccc1)Nc1nc[nH]c(=O)c1N. The lowest BCUT2D eigenvalue weighted by atomic mass is 10.1. The van der Waals surface area contributed by atoms with Crippen LogP contribution in [0, 0.1) is 0 Å². The number of nitrogen functional groups attached to an aromatic ring is 1. The van der Waals surface area contributed by atoms with Crippen LogP contribution in [0.5, 0.6) is 0 Å². The van der Waals surface area contributed by atoms with Crippen molar-refractivity contribution in [3.63, 3.8) is 0 Å². The average Bonchev–Trinajstić information content (AvgIpc) is 2.36. The minimum absolute atomic E-state index is 0.123. The third-order valence-electron chi connectivity index (χ3n) is 2.66. The molecule has 2 aromatic rings. The monoisotopic (exact) mass is 244 g/mol. The average molecular weight is 244 g/mol. The molecule has 0 amide bonds. The van der Waals surface area contributed by atoms with Crippen LogP contribution in [0.2, 0.25) is 0 Å². The summed E-state index contributed by atoms with van der Waals surface area (Å²) in [6.07, 6.45) is 2.19. The summed E-state index contributed by atoms with van der Waals surface area (Å²) in [5.41, 5.74) is 6.68. The number of rotatable bonds is 4. The molecule has 0 aliphatic heterocycles. The van der Waals surface area contributed by atoms with Crippen LogP contribution in [0.25, 0.3) is 0 Å². The van der Waals surface area contributed by atoms with Crippen molar-refractivity contribution in [1.82, 2.24) is 9.97 Å². The molecule has 0 aliphatic rings. The zero-order chi connectivity index (χ0) is 13.0. The molecule has 1 atom stereocenters. The summed E-state index contributed by atoms with van der Waals surface area (Å²) in [6.45, 7) is 2.02. The maximum atomic E-state index is 11.3. The lowest BCUT2D eigenvalue weighted by molar-refractivity contribution is 0.783. The topological polar surface area (TPSA) is 83.8 Å². The summed E-state index contributed by atoms with van der Waals surface area (Å²) < 4.78 is 0. The number of nitrogens with zero attached hydrogens (tertiary/aromatic N) is 1. The highest BCUT2D eigenvalue weighted by Gasteiger charge is 2.08. The van der Waals surface area contributed by atoms with Gasteiger partial charge in [-0.15, -0.1) is 0 Å². The molecule has 0 aliphatic carbocycles. The summed E-state index contributed by atoms with van der Waals surface area (Å²) in [7, 11) is 0. The first-order chi connectivity index (χ1) is 8.66. The van der Waals surface area contributed by atoms with E-state index in [-0.39, 0.29) is 17.3 Å². The zero-order valence-electron chi connectivity index (χ0n) is 10.2. The fourth-order valence-electron chi connectivity index (χ4n) is 1.78. The van der Waals surface area contributed by atoms with Gasteiger partial charge in [-0.2, -0.15) is 0 Å². The van der Waals surface area contributed by atoms with Gasteiger partial charge in [-0.25, -0.2) is 4.98 Å². The Hall–Kier alpha value is -2.30. The minimum Gasteiger partial charge on any atom is -0.391 e. The van der Waals surface area contributed by atoms with Crippen LogP contribution in [0.1, 0.15) is 12.5 Å². The molecule has 0 spiro atoms. The van der Waals surface area contributed by atoms with E-state index >= 15 is 0 Å². The van der Waals surface area contributed by atoms with Crippen LogP contribution in [-0.2, 0) is 6.42 Å². The molecular weight excluding hydrogens is 228 g/mol. The molecule has 5 nitrogen and oxygen atoms in total. The lowest BCUT2D eigenvalue weighted by Gasteiger charge is -2.15. The highest BCUT2D eigenvalue weighted by atomic mass is 16.1. The van der Waals surface area contributed by atoms with Gasteiger partial charge in [0.1, 0.15) is 5.69 Å². The number of hydrogen-bond donors (Lipinski definition) is 3. The Morgan fingerprint density at radius 3 is 2.83 bits per heavy atom. The van der Waals surface area contributed by atoms with Gasteiger partial charge in [-0.1, -0.05) is 30.3 Å². The zero-order valence-corrected chi connectivity index (χ0v) is 10.2. The number of nitrogens with one attached hydrogen (secondary N) is 2. The van der Waals surface area contributed by atoms with Crippen LogP contribution < -0.4 is 16.6 Å². The smallest absolute Gasteiger partial charge is 0.276 e. The van der Waals surface area contributed by atoms with Crippen molar-refractivity contribution in [3.05, 3.63) is 52.6 Å². The quantitative estimate of drug-likeness (QED) is 0.759. The van der Waals surface area contributed by atoms with Crippen LogP contribution in [0.3, 0.4) is 0 Å². The van der Waals surface area contributed by atoms with Crippen molar-refractivity contribution in [2.24, 2.45) is 0 Å². The summed E-state index contributed by atoms with van der Waals surface area (Å²) in [6, 6.07) is 10.3. The minimum atomic E-state index is -0.320.